The first kappa shape index (κ1) is 22.0. The number of nitrogens with one attached hydrogen (secondary N) is 2. The molecular weight excluding hydrogens is 542 g/mol. The maximum atomic E-state index is 12.8. The molecule has 0 aliphatic heterocycles. The molecule has 0 aliphatic rings. The number of nitrogens with zero attached hydrogens (tertiary/aromatic N) is 2. The monoisotopic (exact) mass is 557 g/mol. The molecule has 32 heavy (non-hydrogen) atoms. The number of pyridine rings is 1. The molecule has 0 spiro atoms. The van der Waals surface area contributed by atoms with Crippen molar-refractivity contribution in [2.45, 2.75) is 12.5 Å². The lowest BCUT2D eigenvalue weighted by molar-refractivity contribution is -0.119. The van der Waals surface area contributed by atoms with Crippen molar-refractivity contribution < 1.29 is 14.7 Å². The van der Waals surface area contributed by atoms with Crippen molar-refractivity contribution in [1.82, 2.24) is 20.3 Å². The Morgan fingerprint density at radius 3 is 2.44 bits per heavy atom. The van der Waals surface area contributed by atoms with Crippen LogP contribution < -0.4 is 11.1 Å². The average molecular weight is 559 g/mol. The van der Waals surface area contributed by atoms with E-state index in [-0.39, 0.29) is 12.2 Å². The van der Waals surface area contributed by atoms with Gasteiger partial charge in [0.1, 0.15) is 17.6 Å². The van der Waals surface area contributed by atoms with Crippen LogP contribution in [-0.4, -0.2) is 37.9 Å². The third kappa shape index (κ3) is 4.66. The van der Waals surface area contributed by atoms with E-state index in [1.165, 1.54) is 0 Å². The highest BCUT2D eigenvalue weighted by Gasteiger charge is 2.21. The number of carbonyl (C=O) groups is 2. The molecular formula is C22H17Br2N5O3. The SMILES string of the molecule is NC(=O)C(Cc1cc(Br)c(O)c(Br)c1)NC(=O)c1ccc2nc(-c3ccncc3)[nH]c2c1. The molecule has 10 heteroatoms. The number of amides is 2. The van der Waals surface area contributed by atoms with Crippen LogP contribution in [0, 0.1) is 0 Å². The first-order valence-corrected chi connectivity index (χ1v) is 11.1. The van der Waals surface area contributed by atoms with Crippen LogP contribution in [0.2, 0.25) is 0 Å². The van der Waals surface area contributed by atoms with Gasteiger partial charge in [0.2, 0.25) is 5.91 Å². The van der Waals surface area contributed by atoms with Gasteiger partial charge >= 0.3 is 0 Å². The summed E-state index contributed by atoms with van der Waals surface area (Å²) in [6.07, 6.45) is 3.52. The zero-order chi connectivity index (χ0) is 22.8. The number of halogens is 2. The molecule has 1 unspecified atom stereocenters. The number of imidazole rings is 1. The molecule has 8 nitrogen and oxygen atoms in total. The Balaban J connectivity index is 1.55. The summed E-state index contributed by atoms with van der Waals surface area (Å²) in [5, 5.41) is 12.6. The quantitative estimate of drug-likeness (QED) is 0.286. The number of hydrogen-bond donors (Lipinski definition) is 4. The van der Waals surface area contributed by atoms with Crippen molar-refractivity contribution in [3.63, 3.8) is 0 Å². The van der Waals surface area contributed by atoms with E-state index < -0.39 is 17.9 Å². The third-order valence-corrected chi connectivity index (χ3v) is 6.07. The number of primary amides is 1. The highest BCUT2D eigenvalue weighted by Crippen LogP contribution is 2.33. The first-order chi connectivity index (χ1) is 15.3. The van der Waals surface area contributed by atoms with Gasteiger partial charge in [-0.2, -0.15) is 0 Å². The number of benzene rings is 2. The van der Waals surface area contributed by atoms with Gasteiger partial charge in [0, 0.05) is 29.9 Å². The minimum atomic E-state index is -0.935. The Morgan fingerprint density at radius 2 is 1.78 bits per heavy atom. The molecule has 4 aromatic rings. The minimum Gasteiger partial charge on any atom is -0.506 e. The number of hydrogen-bond acceptors (Lipinski definition) is 5. The predicted octanol–water partition coefficient (Wildman–Crippen LogP) is 3.68. The molecule has 1 atom stereocenters. The first-order valence-electron chi connectivity index (χ1n) is 9.49. The van der Waals surface area contributed by atoms with E-state index in [2.05, 4.69) is 52.1 Å². The van der Waals surface area contributed by atoms with Gasteiger partial charge in [0.15, 0.2) is 0 Å². The maximum absolute atomic E-state index is 12.8. The van der Waals surface area contributed by atoms with E-state index in [0.717, 1.165) is 5.56 Å². The van der Waals surface area contributed by atoms with E-state index in [1.807, 2.05) is 12.1 Å². The van der Waals surface area contributed by atoms with Gasteiger partial charge < -0.3 is 21.1 Å². The van der Waals surface area contributed by atoms with Crippen LogP contribution in [0.15, 0.2) is 63.8 Å². The number of aromatic amines is 1. The second kappa shape index (κ2) is 9.09. The second-order valence-corrected chi connectivity index (χ2v) is 8.80. The topological polar surface area (TPSA) is 134 Å². The van der Waals surface area contributed by atoms with Crippen LogP contribution in [-0.2, 0) is 11.2 Å². The van der Waals surface area contributed by atoms with Crippen LogP contribution in [0.3, 0.4) is 0 Å². The van der Waals surface area contributed by atoms with Crippen molar-refractivity contribution >= 4 is 54.7 Å². The summed E-state index contributed by atoms with van der Waals surface area (Å²) >= 11 is 6.51. The van der Waals surface area contributed by atoms with Crippen LogP contribution in [0.4, 0.5) is 0 Å². The van der Waals surface area contributed by atoms with Gasteiger partial charge in [0.25, 0.3) is 5.91 Å². The average Bonchev–Trinajstić information content (AvgIpc) is 3.21. The van der Waals surface area contributed by atoms with Crippen molar-refractivity contribution in [3.05, 3.63) is 74.9 Å². The summed E-state index contributed by atoms with van der Waals surface area (Å²) < 4.78 is 0.928. The Hall–Kier alpha value is -3.24. The highest BCUT2D eigenvalue weighted by atomic mass is 79.9. The number of phenolic OH excluding ortho intramolecular Hbond substituents is 1. The minimum absolute atomic E-state index is 0.0485. The lowest BCUT2D eigenvalue weighted by atomic mass is 10.0. The zero-order valence-electron chi connectivity index (χ0n) is 16.5. The van der Waals surface area contributed by atoms with Crippen molar-refractivity contribution in [1.29, 1.82) is 0 Å². The molecule has 4 rings (SSSR count). The molecule has 2 amide bonds. The van der Waals surface area contributed by atoms with Gasteiger partial charge in [0.05, 0.1) is 20.0 Å². The fraction of sp³-hybridized carbons (Fsp3) is 0.0909. The summed E-state index contributed by atoms with van der Waals surface area (Å²) in [4.78, 5) is 36.6. The van der Waals surface area contributed by atoms with Gasteiger partial charge in [-0.25, -0.2) is 4.98 Å². The van der Waals surface area contributed by atoms with Gasteiger partial charge in [-0.05, 0) is 79.9 Å². The number of H-pyrrole nitrogens is 1. The van der Waals surface area contributed by atoms with Gasteiger partial charge in [-0.1, -0.05) is 0 Å². The Bertz CT molecular complexity index is 1300. The molecule has 162 valence electrons. The standard InChI is InChI=1S/C22H17Br2N5O3/c23-14-7-11(8-15(24)19(14)30)9-18(20(25)31)29-22(32)13-1-2-16-17(10-13)28-21(27-16)12-3-5-26-6-4-12/h1-8,10,18,30H,9H2,(H2,25,31)(H,27,28)(H,29,32). The number of carbonyl (C=O) groups excluding carboxylic acids is 2. The Kier molecular flexibility index (Phi) is 6.24. The number of aromatic nitrogens is 3. The Morgan fingerprint density at radius 1 is 1.09 bits per heavy atom. The third-order valence-electron chi connectivity index (χ3n) is 4.86. The largest absolute Gasteiger partial charge is 0.506 e. The molecule has 0 saturated carbocycles. The smallest absolute Gasteiger partial charge is 0.252 e. The molecule has 0 radical (unpaired) electrons. The van der Waals surface area contributed by atoms with E-state index in [9.17, 15) is 14.7 Å². The number of aromatic hydroxyl groups is 1. The predicted molar refractivity (Wildman–Crippen MR) is 127 cm³/mol. The number of nitrogens with two attached hydrogens (primary N) is 1. The fourth-order valence-corrected chi connectivity index (χ4v) is 4.51. The molecule has 0 aliphatic carbocycles. The summed E-state index contributed by atoms with van der Waals surface area (Å²) in [6, 6.07) is 11.1. The normalized spacial score (nSPS) is 11.9. The fourth-order valence-electron chi connectivity index (χ4n) is 3.23. The van der Waals surface area contributed by atoms with Crippen LogP contribution >= 0.6 is 31.9 Å². The van der Waals surface area contributed by atoms with E-state index >= 15 is 0 Å². The van der Waals surface area contributed by atoms with E-state index in [0.29, 0.717) is 36.9 Å². The summed E-state index contributed by atoms with van der Waals surface area (Å²) in [6.45, 7) is 0. The summed E-state index contributed by atoms with van der Waals surface area (Å²) in [7, 11) is 0. The molecule has 5 N–H and O–H groups in total. The summed E-state index contributed by atoms with van der Waals surface area (Å²) in [5.74, 6) is -0.389. The van der Waals surface area contributed by atoms with Crippen LogP contribution in [0.25, 0.3) is 22.4 Å². The van der Waals surface area contributed by atoms with Crippen LogP contribution in [0.5, 0.6) is 5.75 Å². The Labute approximate surface area is 199 Å². The van der Waals surface area contributed by atoms with E-state index in [1.54, 1.807) is 42.7 Å². The molecule has 0 bridgehead atoms. The molecule has 0 saturated heterocycles. The molecule has 2 heterocycles. The van der Waals surface area contributed by atoms with Gasteiger partial charge in [-0.15, -0.1) is 0 Å². The maximum Gasteiger partial charge on any atom is 0.252 e. The lowest BCUT2D eigenvalue weighted by Crippen LogP contribution is -2.45. The molecule has 2 aromatic heterocycles. The number of phenols is 1. The van der Waals surface area contributed by atoms with Gasteiger partial charge in [-0.3, -0.25) is 14.6 Å². The highest BCUT2D eigenvalue weighted by molar-refractivity contribution is 9.11. The van der Waals surface area contributed by atoms with E-state index in [4.69, 9.17) is 5.73 Å². The second-order valence-electron chi connectivity index (χ2n) is 7.09. The summed E-state index contributed by atoms with van der Waals surface area (Å²) in [5.41, 5.74) is 8.87. The molecule has 0 fully saturated rings. The lowest BCUT2D eigenvalue weighted by Gasteiger charge is -2.16. The number of rotatable bonds is 6. The van der Waals surface area contributed by atoms with Crippen molar-refractivity contribution in [3.8, 4) is 17.1 Å². The molecule has 2 aromatic carbocycles. The number of fused-ring (bicyclic) bond motifs is 1. The van der Waals surface area contributed by atoms with Crippen molar-refractivity contribution in [2.24, 2.45) is 5.73 Å². The van der Waals surface area contributed by atoms with Crippen LogP contribution in [0.1, 0.15) is 15.9 Å². The zero-order valence-corrected chi connectivity index (χ0v) is 19.6. The van der Waals surface area contributed by atoms with Crippen molar-refractivity contribution in [2.75, 3.05) is 0 Å².